The van der Waals surface area contributed by atoms with Gasteiger partial charge >= 0.3 is 0 Å². The monoisotopic (exact) mass is 298 g/mol. The molecule has 1 fully saturated rings. The number of rotatable bonds is 2. The Labute approximate surface area is 123 Å². The van der Waals surface area contributed by atoms with Gasteiger partial charge in [-0.2, -0.15) is 0 Å². The number of carbonyl (C=O) groups excluding carboxylic acids is 1. The molecule has 1 aromatic heterocycles. The average Bonchev–Trinajstić information content (AvgIpc) is 2.66. The Bertz CT molecular complexity index is 495. The second-order valence-electron chi connectivity index (χ2n) is 6.04. The van der Waals surface area contributed by atoms with E-state index in [1.165, 1.54) is 11.3 Å². The second-order valence-corrected chi connectivity index (χ2v) is 7.04. The molecule has 1 amide bonds. The minimum atomic E-state index is -0.113. The lowest BCUT2D eigenvalue weighted by atomic mass is 10.1. The quantitative estimate of drug-likeness (QED) is 0.870. The van der Waals surface area contributed by atoms with Crippen LogP contribution in [0.1, 0.15) is 37.4 Å². The first-order chi connectivity index (χ1) is 9.26. The number of ether oxygens (including phenoxy) is 1. The molecule has 2 rings (SSSR count). The number of hydrogen-bond donors (Lipinski definition) is 2. The van der Waals surface area contributed by atoms with Crippen molar-refractivity contribution < 1.29 is 9.53 Å². The van der Waals surface area contributed by atoms with Crippen molar-refractivity contribution in [1.29, 1.82) is 0 Å². The molecular weight excluding hydrogens is 276 g/mol. The van der Waals surface area contributed by atoms with Gasteiger partial charge in [0, 0.05) is 18.6 Å². The number of aromatic nitrogens is 1. The predicted octanol–water partition coefficient (Wildman–Crippen LogP) is 1.80. The van der Waals surface area contributed by atoms with Crippen LogP contribution >= 0.6 is 11.3 Å². The molecule has 1 aromatic rings. The number of carbonyl (C=O) groups is 1. The van der Waals surface area contributed by atoms with Gasteiger partial charge in [-0.1, -0.05) is 11.3 Å². The summed E-state index contributed by atoms with van der Waals surface area (Å²) in [6.07, 6.45) is 0.0639. The van der Waals surface area contributed by atoms with Gasteiger partial charge in [0.1, 0.15) is 10.7 Å². The van der Waals surface area contributed by atoms with Crippen LogP contribution in [0.3, 0.4) is 0 Å². The Morgan fingerprint density at radius 2 is 2.25 bits per heavy atom. The fraction of sp³-hybridized carbons (Fsp3) is 0.692. The lowest BCUT2D eigenvalue weighted by Gasteiger charge is -2.30. The van der Waals surface area contributed by atoms with E-state index in [1.54, 1.807) is 4.90 Å². The first-order valence-electron chi connectivity index (χ1n) is 6.71. The average molecular weight is 298 g/mol. The van der Waals surface area contributed by atoms with Gasteiger partial charge in [-0.3, -0.25) is 4.79 Å². The molecule has 1 aliphatic heterocycles. The molecule has 0 aliphatic carbocycles. The molecule has 7 heteroatoms. The van der Waals surface area contributed by atoms with E-state index in [1.807, 2.05) is 27.7 Å². The van der Waals surface area contributed by atoms with Gasteiger partial charge in [0.25, 0.3) is 5.91 Å². The van der Waals surface area contributed by atoms with Crippen molar-refractivity contribution in [3.8, 4) is 0 Å². The fourth-order valence-corrected chi connectivity index (χ4v) is 3.07. The number of anilines is 2. The molecular formula is C13H22N4O2S. The highest BCUT2D eigenvalue weighted by molar-refractivity contribution is 7.18. The number of nitrogen functional groups attached to an aromatic ring is 1. The summed E-state index contributed by atoms with van der Waals surface area (Å²) in [5.41, 5.74) is 5.77. The topological polar surface area (TPSA) is 80.5 Å². The highest BCUT2D eigenvalue weighted by Crippen LogP contribution is 2.28. The zero-order valence-corrected chi connectivity index (χ0v) is 13.2. The van der Waals surface area contributed by atoms with Crippen LogP contribution in [-0.4, -0.2) is 47.1 Å². The molecule has 0 radical (unpaired) electrons. The smallest absolute Gasteiger partial charge is 0.268 e. The van der Waals surface area contributed by atoms with E-state index >= 15 is 0 Å². The van der Waals surface area contributed by atoms with Gasteiger partial charge in [-0.15, -0.1) is 0 Å². The van der Waals surface area contributed by atoms with Gasteiger partial charge < -0.3 is 20.7 Å². The summed E-state index contributed by atoms with van der Waals surface area (Å²) in [6, 6.07) is 0. The van der Waals surface area contributed by atoms with E-state index in [-0.39, 0.29) is 17.6 Å². The Kier molecular flexibility index (Phi) is 4.19. The van der Waals surface area contributed by atoms with Crippen LogP contribution in [0.25, 0.3) is 0 Å². The maximum absolute atomic E-state index is 12.5. The maximum Gasteiger partial charge on any atom is 0.268 e. The standard InChI is InChI=1S/C13H22N4O2S/c1-8-7-17(5-6-19-8)11(18)9-10(14)15-12(20-9)16-13(2,3)4/h8H,5-7,14H2,1-4H3,(H,15,16). The third-order valence-electron chi connectivity index (χ3n) is 2.86. The van der Waals surface area contributed by atoms with Crippen LogP contribution in [0, 0.1) is 0 Å². The number of nitrogens with two attached hydrogens (primary N) is 1. The molecule has 1 aliphatic rings. The first-order valence-corrected chi connectivity index (χ1v) is 7.53. The van der Waals surface area contributed by atoms with Crippen LogP contribution in [-0.2, 0) is 4.74 Å². The molecule has 1 unspecified atom stereocenters. The summed E-state index contributed by atoms with van der Waals surface area (Å²) in [4.78, 5) is 19.0. The Balaban J connectivity index is 2.14. The maximum atomic E-state index is 12.5. The largest absolute Gasteiger partial charge is 0.382 e. The van der Waals surface area contributed by atoms with Gasteiger partial charge in [0.15, 0.2) is 5.13 Å². The second kappa shape index (κ2) is 5.57. The molecule has 0 spiro atoms. The first kappa shape index (κ1) is 15.1. The molecule has 1 atom stereocenters. The van der Waals surface area contributed by atoms with Crippen molar-refractivity contribution in [2.75, 3.05) is 30.7 Å². The number of nitrogens with one attached hydrogen (secondary N) is 1. The SMILES string of the molecule is CC1CN(C(=O)c2sc(NC(C)(C)C)nc2N)CCO1. The van der Waals surface area contributed by atoms with Crippen LogP contribution < -0.4 is 11.1 Å². The van der Waals surface area contributed by atoms with E-state index in [9.17, 15) is 4.79 Å². The van der Waals surface area contributed by atoms with Gasteiger partial charge in [-0.25, -0.2) is 4.98 Å². The summed E-state index contributed by atoms with van der Waals surface area (Å²) in [7, 11) is 0. The zero-order valence-electron chi connectivity index (χ0n) is 12.4. The summed E-state index contributed by atoms with van der Waals surface area (Å²) in [5.74, 6) is 0.239. The Morgan fingerprint density at radius 1 is 1.55 bits per heavy atom. The predicted molar refractivity (Wildman–Crippen MR) is 81.2 cm³/mol. The van der Waals surface area contributed by atoms with Crippen molar-refractivity contribution in [3.05, 3.63) is 4.88 Å². The van der Waals surface area contributed by atoms with Crippen LogP contribution in [0.15, 0.2) is 0 Å². The summed E-state index contributed by atoms with van der Waals surface area (Å²) in [5, 5.41) is 3.92. The van der Waals surface area contributed by atoms with E-state index < -0.39 is 0 Å². The molecule has 112 valence electrons. The molecule has 0 aromatic carbocycles. The molecule has 1 saturated heterocycles. The molecule has 3 N–H and O–H groups in total. The molecule has 2 heterocycles. The van der Waals surface area contributed by atoms with E-state index in [2.05, 4.69) is 10.3 Å². The highest BCUT2D eigenvalue weighted by atomic mass is 32.1. The van der Waals surface area contributed by atoms with Crippen molar-refractivity contribution in [2.45, 2.75) is 39.3 Å². The molecule has 0 saturated carbocycles. The number of morpholine rings is 1. The highest BCUT2D eigenvalue weighted by Gasteiger charge is 2.26. The van der Waals surface area contributed by atoms with E-state index in [4.69, 9.17) is 10.5 Å². The normalized spacial score (nSPS) is 20.0. The third-order valence-corrected chi connectivity index (χ3v) is 3.83. The molecule has 6 nitrogen and oxygen atoms in total. The number of nitrogens with zero attached hydrogens (tertiary/aromatic N) is 2. The zero-order chi connectivity index (χ0) is 14.9. The van der Waals surface area contributed by atoms with Gasteiger partial charge in [0.05, 0.1) is 12.7 Å². The van der Waals surface area contributed by atoms with Crippen LogP contribution in [0.4, 0.5) is 10.9 Å². The van der Waals surface area contributed by atoms with Crippen molar-refractivity contribution in [3.63, 3.8) is 0 Å². The number of hydrogen-bond acceptors (Lipinski definition) is 6. The summed E-state index contributed by atoms with van der Waals surface area (Å²) >= 11 is 1.31. The van der Waals surface area contributed by atoms with E-state index in [0.29, 0.717) is 35.5 Å². The lowest BCUT2D eigenvalue weighted by molar-refractivity contribution is -0.0122. The van der Waals surface area contributed by atoms with Gasteiger partial charge in [0.2, 0.25) is 0 Å². The fourth-order valence-electron chi connectivity index (χ4n) is 2.01. The molecule has 0 bridgehead atoms. The van der Waals surface area contributed by atoms with Crippen LogP contribution in [0.2, 0.25) is 0 Å². The Hall–Kier alpha value is -1.34. The van der Waals surface area contributed by atoms with Crippen molar-refractivity contribution in [1.82, 2.24) is 9.88 Å². The third kappa shape index (κ3) is 3.61. The summed E-state index contributed by atoms with van der Waals surface area (Å²) in [6.45, 7) is 9.84. The van der Waals surface area contributed by atoms with Crippen molar-refractivity contribution >= 4 is 28.2 Å². The minimum Gasteiger partial charge on any atom is -0.382 e. The van der Waals surface area contributed by atoms with E-state index in [0.717, 1.165) is 0 Å². The number of amides is 1. The van der Waals surface area contributed by atoms with Gasteiger partial charge in [-0.05, 0) is 27.7 Å². The lowest BCUT2D eigenvalue weighted by Crippen LogP contribution is -2.44. The van der Waals surface area contributed by atoms with Crippen molar-refractivity contribution in [2.24, 2.45) is 0 Å². The summed E-state index contributed by atoms with van der Waals surface area (Å²) < 4.78 is 5.45. The minimum absolute atomic E-state index is 0.0582. The van der Waals surface area contributed by atoms with Crippen LogP contribution in [0.5, 0.6) is 0 Å². The Morgan fingerprint density at radius 3 is 2.85 bits per heavy atom. The number of thiazole rings is 1. The molecule has 20 heavy (non-hydrogen) atoms.